The van der Waals surface area contributed by atoms with Crippen molar-refractivity contribution in [3.05, 3.63) is 41.5 Å². The molecule has 0 radical (unpaired) electrons. The van der Waals surface area contributed by atoms with Crippen LogP contribution in [0.4, 0.5) is 10.5 Å². The monoisotopic (exact) mass is 300 g/mol. The summed E-state index contributed by atoms with van der Waals surface area (Å²) in [4.78, 5) is 18.3. The van der Waals surface area contributed by atoms with Gasteiger partial charge in [0.05, 0.1) is 6.04 Å². The van der Waals surface area contributed by atoms with E-state index < -0.39 is 0 Å². The van der Waals surface area contributed by atoms with Crippen molar-refractivity contribution in [2.75, 3.05) is 12.4 Å². The average molecular weight is 300 g/mol. The van der Waals surface area contributed by atoms with Crippen molar-refractivity contribution in [1.82, 2.24) is 15.0 Å². The topological polar surface area (TPSA) is 71.3 Å². The van der Waals surface area contributed by atoms with E-state index in [1.807, 2.05) is 26.0 Å². The quantitative estimate of drug-likeness (QED) is 0.938. The second-order valence-electron chi connectivity index (χ2n) is 5.78. The Hall–Kier alpha value is -2.37. The standard InChI is InChI=1S/C16H20N4O2/c1-10-14(15(22-19-10)12-6-7-12)18-16(21)20(3)11(2)13-5-4-8-17-9-13/h4-5,8-9,11-12H,6-7H2,1-3H3,(H,18,21)/t11-/m0/s1. The molecular weight excluding hydrogens is 280 g/mol. The summed E-state index contributed by atoms with van der Waals surface area (Å²) in [6.07, 6.45) is 5.69. The van der Waals surface area contributed by atoms with Crippen molar-refractivity contribution in [3.63, 3.8) is 0 Å². The third-order valence-electron chi connectivity index (χ3n) is 4.14. The van der Waals surface area contributed by atoms with Gasteiger partial charge in [-0.3, -0.25) is 4.98 Å². The molecule has 0 aromatic carbocycles. The molecule has 2 amide bonds. The van der Waals surface area contributed by atoms with Crippen LogP contribution in [0.15, 0.2) is 29.0 Å². The highest BCUT2D eigenvalue weighted by molar-refractivity contribution is 5.90. The van der Waals surface area contributed by atoms with Gasteiger partial charge in [-0.05, 0) is 38.3 Å². The summed E-state index contributed by atoms with van der Waals surface area (Å²) in [6.45, 7) is 3.81. The zero-order valence-electron chi connectivity index (χ0n) is 13.0. The SMILES string of the molecule is Cc1noc(C2CC2)c1NC(=O)N(C)[C@@H](C)c1cccnc1. The fraction of sp³-hybridized carbons (Fsp3) is 0.438. The lowest BCUT2D eigenvalue weighted by Gasteiger charge is -2.25. The second-order valence-corrected chi connectivity index (χ2v) is 5.78. The summed E-state index contributed by atoms with van der Waals surface area (Å²) < 4.78 is 5.35. The lowest BCUT2D eigenvalue weighted by molar-refractivity contribution is 0.208. The Morgan fingerprint density at radius 3 is 2.91 bits per heavy atom. The molecule has 2 aromatic heterocycles. The molecule has 0 aliphatic heterocycles. The molecule has 3 rings (SSSR count). The highest BCUT2D eigenvalue weighted by Crippen LogP contribution is 2.44. The van der Waals surface area contributed by atoms with Crippen LogP contribution in [0.25, 0.3) is 0 Å². The van der Waals surface area contributed by atoms with Crippen LogP contribution in [-0.4, -0.2) is 28.1 Å². The predicted molar refractivity (Wildman–Crippen MR) is 82.6 cm³/mol. The van der Waals surface area contributed by atoms with E-state index in [-0.39, 0.29) is 12.1 Å². The number of carbonyl (C=O) groups is 1. The fourth-order valence-electron chi connectivity index (χ4n) is 2.38. The average Bonchev–Trinajstić information content (AvgIpc) is 3.32. The van der Waals surface area contributed by atoms with Crippen molar-refractivity contribution >= 4 is 11.7 Å². The van der Waals surface area contributed by atoms with E-state index in [4.69, 9.17) is 4.52 Å². The van der Waals surface area contributed by atoms with Crippen LogP contribution >= 0.6 is 0 Å². The minimum Gasteiger partial charge on any atom is -0.359 e. The van der Waals surface area contributed by atoms with Crippen molar-refractivity contribution in [2.45, 2.75) is 38.6 Å². The van der Waals surface area contributed by atoms with Crippen LogP contribution in [0.3, 0.4) is 0 Å². The van der Waals surface area contributed by atoms with E-state index in [1.165, 1.54) is 0 Å². The number of nitrogens with one attached hydrogen (secondary N) is 1. The van der Waals surface area contributed by atoms with Crippen molar-refractivity contribution in [1.29, 1.82) is 0 Å². The van der Waals surface area contributed by atoms with Gasteiger partial charge in [-0.2, -0.15) is 0 Å². The van der Waals surface area contributed by atoms with Crippen molar-refractivity contribution < 1.29 is 9.32 Å². The van der Waals surface area contributed by atoms with E-state index >= 15 is 0 Å². The van der Waals surface area contributed by atoms with Crippen LogP contribution in [0.5, 0.6) is 0 Å². The van der Waals surface area contributed by atoms with Crippen LogP contribution in [0.1, 0.15) is 48.7 Å². The van der Waals surface area contributed by atoms with Crippen LogP contribution in [0, 0.1) is 6.92 Å². The Balaban J connectivity index is 1.73. The Labute approximate surface area is 129 Å². The normalized spacial score (nSPS) is 15.4. The summed E-state index contributed by atoms with van der Waals surface area (Å²) in [5.41, 5.74) is 2.43. The van der Waals surface area contributed by atoms with Gasteiger partial charge in [-0.15, -0.1) is 0 Å². The van der Waals surface area contributed by atoms with Gasteiger partial charge in [0.25, 0.3) is 0 Å². The van der Waals surface area contributed by atoms with Gasteiger partial charge in [-0.1, -0.05) is 11.2 Å². The molecule has 1 N–H and O–H groups in total. The molecule has 1 aliphatic carbocycles. The summed E-state index contributed by atoms with van der Waals surface area (Å²) in [5.74, 6) is 1.20. The number of hydrogen-bond donors (Lipinski definition) is 1. The minimum atomic E-state index is -0.176. The lowest BCUT2D eigenvalue weighted by Crippen LogP contribution is -2.34. The molecule has 1 atom stereocenters. The number of hydrogen-bond acceptors (Lipinski definition) is 4. The molecule has 1 aliphatic rings. The Kier molecular flexibility index (Phi) is 3.83. The van der Waals surface area contributed by atoms with Crippen LogP contribution < -0.4 is 5.32 Å². The summed E-state index contributed by atoms with van der Waals surface area (Å²) in [7, 11) is 1.77. The Morgan fingerprint density at radius 2 is 2.27 bits per heavy atom. The summed E-state index contributed by atoms with van der Waals surface area (Å²) in [5, 5.41) is 6.92. The van der Waals surface area contributed by atoms with E-state index in [0.717, 1.165) is 35.5 Å². The zero-order chi connectivity index (χ0) is 15.7. The number of urea groups is 1. The fourth-order valence-corrected chi connectivity index (χ4v) is 2.38. The second kappa shape index (κ2) is 5.79. The number of carbonyl (C=O) groups excluding carboxylic acids is 1. The largest absolute Gasteiger partial charge is 0.359 e. The molecule has 0 spiro atoms. The smallest absolute Gasteiger partial charge is 0.322 e. The molecule has 2 heterocycles. The molecule has 2 aromatic rings. The highest BCUT2D eigenvalue weighted by Gasteiger charge is 2.32. The number of nitrogens with zero attached hydrogens (tertiary/aromatic N) is 3. The van der Waals surface area contributed by atoms with Crippen LogP contribution in [-0.2, 0) is 0 Å². The van der Waals surface area contributed by atoms with E-state index in [1.54, 1.807) is 24.3 Å². The number of rotatable bonds is 4. The first-order valence-corrected chi connectivity index (χ1v) is 7.48. The maximum Gasteiger partial charge on any atom is 0.322 e. The van der Waals surface area contributed by atoms with Crippen LogP contribution in [0.2, 0.25) is 0 Å². The first-order chi connectivity index (χ1) is 10.6. The van der Waals surface area contributed by atoms with E-state index in [9.17, 15) is 4.79 Å². The minimum absolute atomic E-state index is 0.0711. The zero-order valence-corrected chi connectivity index (χ0v) is 13.0. The molecular formula is C16H20N4O2. The van der Waals surface area contributed by atoms with Gasteiger partial charge in [-0.25, -0.2) is 4.79 Å². The molecule has 0 unspecified atom stereocenters. The number of aromatic nitrogens is 2. The maximum absolute atomic E-state index is 12.5. The number of pyridine rings is 1. The Bertz CT molecular complexity index is 664. The Morgan fingerprint density at radius 1 is 1.50 bits per heavy atom. The molecule has 6 heteroatoms. The summed E-state index contributed by atoms with van der Waals surface area (Å²) in [6, 6.07) is 3.58. The van der Waals surface area contributed by atoms with Gasteiger partial charge in [0.1, 0.15) is 11.4 Å². The molecule has 116 valence electrons. The summed E-state index contributed by atoms with van der Waals surface area (Å²) >= 11 is 0. The lowest BCUT2D eigenvalue weighted by atomic mass is 10.1. The first kappa shape index (κ1) is 14.6. The molecule has 22 heavy (non-hydrogen) atoms. The molecule has 6 nitrogen and oxygen atoms in total. The third-order valence-corrected chi connectivity index (χ3v) is 4.14. The maximum atomic E-state index is 12.5. The van der Waals surface area contributed by atoms with E-state index in [0.29, 0.717) is 5.92 Å². The molecule has 1 fully saturated rings. The number of anilines is 1. The van der Waals surface area contributed by atoms with Gasteiger partial charge < -0.3 is 14.7 Å². The third kappa shape index (κ3) is 2.81. The van der Waals surface area contributed by atoms with Gasteiger partial charge in [0.2, 0.25) is 0 Å². The number of amides is 2. The first-order valence-electron chi connectivity index (χ1n) is 7.48. The van der Waals surface area contributed by atoms with Crippen molar-refractivity contribution in [2.24, 2.45) is 0 Å². The van der Waals surface area contributed by atoms with Gasteiger partial charge in [0, 0.05) is 25.4 Å². The van der Waals surface area contributed by atoms with Crippen molar-refractivity contribution in [3.8, 4) is 0 Å². The molecule has 0 bridgehead atoms. The predicted octanol–water partition coefficient (Wildman–Crippen LogP) is 3.48. The van der Waals surface area contributed by atoms with E-state index in [2.05, 4.69) is 15.5 Å². The highest BCUT2D eigenvalue weighted by atomic mass is 16.5. The van der Waals surface area contributed by atoms with Gasteiger partial charge in [0.15, 0.2) is 5.76 Å². The molecule has 1 saturated carbocycles. The van der Waals surface area contributed by atoms with Gasteiger partial charge >= 0.3 is 6.03 Å². The molecule has 0 saturated heterocycles. The number of aryl methyl sites for hydroxylation is 1.